The molecule has 0 N–H and O–H groups in total. The van der Waals surface area contributed by atoms with Gasteiger partial charge in [0.25, 0.3) is 0 Å². The Bertz CT molecular complexity index is 568. The average molecular weight is 322 g/mol. The van der Waals surface area contributed by atoms with Crippen LogP contribution in [0.1, 0.15) is 53.9 Å². The second-order valence-electron chi connectivity index (χ2n) is 7.64. The number of hydrogen-bond donors (Lipinski definition) is 0. The van der Waals surface area contributed by atoms with Crippen LogP contribution in [0.2, 0.25) is 0 Å². The van der Waals surface area contributed by atoms with Crippen molar-refractivity contribution in [1.82, 2.24) is 0 Å². The Morgan fingerprint density at radius 1 is 1.39 bits per heavy atom. The lowest BCUT2D eigenvalue weighted by molar-refractivity contribution is -0.151. The van der Waals surface area contributed by atoms with Crippen molar-refractivity contribution in [1.29, 1.82) is 0 Å². The van der Waals surface area contributed by atoms with Crippen molar-refractivity contribution in [2.24, 2.45) is 11.8 Å². The summed E-state index contributed by atoms with van der Waals surface area (Å²) in [4.78, 5) is 23.6. The Balaban J connectivity index is 1.95. The number of hydrogen-bond acceptors (Lipinski definition) is 5. The lowest BCUT2D eigenvalue weighted by Crippen LogP contribution is -2.40. The van der Waals surface area contributed by atoms with Gasteiger partial charge in [0.1, 0.15) is 17.8 Å². The third-order valence-electron chi connectivity index (χ3n) is 5.99. The molecule has 0 aromatic rings. The maximum absolute atomic E-state index is 12.0. The Hall–Kier alpha value is -1.36. The van der Waals surface area contributed by atoms with Gasteiger partial charge in [0, 0.05) is 12.8 Å². The second kappa shape index (κ2) is 5.33. The van der Waals surface area contributed by atoms with Crippen molar-refractivity contribution in [3.05, 3.63) is 11.6 Å². The fourth-order valence-corrected chi connectivity index (χ4v) is 4.06. The van der Waals surface area contributed by atoms with Gasteiger partial charge in [-0.15, -0.1) is 0 Å². The van der Waals surface area contributed by atoms with E-state index in [1.165, 1.54) is 12.5 Å². The highest BCUT2D eigenvalue weighted by atomic mass is 16.7. The zero-order valence-corrected chi connectivity index (χ0v) is 14.5. The van der Waals surface area contributed by atoms with Crippen molar-refractivity contribution in [2.75, 3.05) is 0 Å². The minimum Gasteiger partial charge on any atom is -0.459 e. The largest absolute Gasteiger partial charge is 0.459 e. The summed E-state index contributed by atoms with van der Waals surface area (Å²) >= 11 is 0. The molecule has 23 heavy (non-hydrogen) atoms. The highest BCUT2D eigenvalue weighted by Crippen LogP contribution is 2.56. The number of carbonyl (C=O) groups excluding carboxylic acids is 2. The Labute approximate surface area is 137 Å². The van der Waals surface area contributed by atoms with Crippen LogP contribution >= 0.6 is 0 Å². The number of esters is 2. The van der Waals surface area contributed by atoms with Crippen LogP contribution in [-0.4, -0.2) is 35.3 Å². The van der Waals surface area contributed by atoms with Crippen LogP contribution in [-0.2, 0) is 23.8 Å². The first-order valence-corrected chi connectivity index (χ1v) is 8.41. The molecule has 2 aliphatic heterocycles. The highest BCUT2D eigenvalue weighted by molar-refractivity contribution is 5.75. The minimum absolute atomic E-state index is 0.00479. The molecule has 6 atom stereocenters. The highest BCUT2D eigenvalue weighted by Gasteiger charge is 2.68. The summed E-state index contributed by atoms with van der Waals surface area (Å²) in [6.07, 6.45) is 3.79. The minimum atomic E-state index is -0.494. The molecule has 0 bridgehead atoms. The molecule has 3 rings (SSSR count). The summed E-state index contributed by atoms with van der Waals surface area (Å²) in [5.41, 5.74) is 0.431. The van der Waals surface area contributed by atoms with E-state index in [4.69, 9.17) is 14.2 Å². The number of epoxide rings is 1. The molecule has 0 aromatic heterocycles. The van der Waals surface area contributed by atoms with Crippen LogP contribution in [0.4, 0.5) is 0 Å². The zero-order chi connectivity index (χ0) is 17.0. The van der Waals surface area contributed by atoms with Crippen molar-refractivity contribution < 1.29 is 23.8 Å². The molecule has 6 unspecified atom stereocenters. The molecule has 0 aromatic carbocycles. The zero-order valence-electron chi connectivity index (χ0n) is 14.5. The fourth-order valence-electron chi connectivity index (χ4n) is 4.06. The van der Waals surface area contributed by atoms with Gasteiger partial charge in [0.05, 0.1) is 11.5 Å². The van der Waals surface area contributed by atoms with Gasteiger partial charge in [0.2, 0.25) is 0 Å². The number of rotatable bonds is 1. The summed E-state index contributed by atoms with van der Waals surface area (Å²) in [5, 5.41) is 0. The van der Waals surface area contributed by atoms with Crippen LogP contribution in [0.15, 0.2) is 11.6 Å². The molecule has 0 saturated carbocycles. The number of fused-ring (bicyclic) bond motifs is 2. The van der Waals surface area contributed by atoms with E-state index in [0.717, 1.165) is 12.8 Å². The predicted octanol–water partition coefficient (Wildman–Crippen LogP) is 2.77. The Morgan fingerprint density at radius 2 is 2.09 bits per heavy atom. The molecule has 5 heteroatoms. The maximum atomic E-state index is 12.0. The summed E-state index contributed by atoms with van der Waals surface area (Å²) in [7, 11) is 0. The molecular weight excluding hydrogens is 296 g/mol. The SMILES string of the molecule is CC(=O)OC1CC2C(C=C(C)CCC3(C)OC13C)OC(=O)C2C. The summed E-state index contributed by atoms with van der Waals surface area (Å²) in [5.74, 6) is -0.679. The molecule has 128 valence electrons. The van der Waals surface area contributed by atoms with Gasteiger partial charge in [0.15, 0.2) is 0 Å². The van der Waals surface area contributed by atoms with Gasteiger partial charge >= 0.3 is 11.9 Å². The van der Waals surface area contributed by atoms with Gasteiger partial charge in [-0.3, -0.25) is 9.59 Å². The first kappa shape index (κ1) is 16.5. The van der Waals surface area contributed by atoms with Crippen LogP contribution in [0.25, 0.3) is 0 Å². The van der Waals surface area contributed by atoms with Crippen LogP contribution in [0.3, 0.4) is 0 Å². The van der Waals surface area contributed by atoms with E-state index in [9.17, 15) is 9.59 Å². The van der Waals surface area contributed by atoms with Crippen molar-refractivity contribution in [3.8, 4) is 0 Å². The number of ether oxygens (including phenoxy) is 3. The van der Waals surface area contributed by atoms with Crippen molar-refractivity contribution in [2.45, 2.75) is 77.3 Å². The lowest BCUT2D eigenvalue weighted by Gasteiger charge is -2.29. The fraction of sp³-hybridized carbons (Fsp3) is 0.778. The standard InChI is InChI=1S/C18H26O5/c1-10-6-7-17(4)18(5,23-17)15(21-12(3)19)9-13-11(2)16(20)22-14(13)8-10/h8,11,13-15H,6-7,9H2,1-5H3. The average Bonchev–Trinajstić information content (AvgIpc) is 2.92. The first-order chi connectivity index (χ1) is 10.7. The van der Waals surface area contributed by atoms with E-state index in [2.05, 4.69) is 19.9 Å². The van der Waals surface area contributed by atoms with E-state index in [-0.39, 0.29) is 41.6 Å². The number of allylic oxidation sites excluding steroid dienone is 1. The third kappa shape index (κ3) is 2.69. The summed E-state index contributed by atoms with van der Waals surface area (Å²) < 4.78 is 17.2. The maximum Gasteiger partial charge on any atom is 0.309 e. The van der Waals surface area contributed by atoms with E-state index in [1.807, 2.05) is 13.8 Å². The third-order valence-corrected chi connectivity index (χ3v) is 5.99. The molecule has 1 aliphatic carbocycles. The van der Waals surface area contributed by atoms with E-state index in [0.29, 0.717) is 6.42 Å². The normalized spacial score (nSPS) is 46.1. The molecule has 3 aliphatic rings. The van der Waals surface area contributed by atoms with Crippen LogP contribution in [0.5, 0.6) is 0 Å². The van der Waals surface area contributed by atoms with Gasteiger partial charge < -0.3 is 14.2 Å². The quantitative estimate of drug-likeness (QED) is 0.422. The molecule has 0 radical (unpaired) electrons. The molecule has 0 spiro atoms. The smallest absolute Gasteiger partial charge is 0.309 e. The lowest BCUT2D eigenvalue weighted by atomic mass is 9.77. The molecule has 2 saturated heterocycles. The second-order valence-corrected chi connectivity index (χ2v) is 7.64. The topological polar surface area (TPSA) is 65.1 Å². The van der Waals surface area contributed by atoms with E-state index in [1.54, 1.807) is 0 Å². The van der Waals surface area contributed by atoms with Crippen LogP contribution < -0.4 is 0 Å². The van der Waals surface area contributed by atoms with Gasteiger partial charge in [-0.25, -0.2) is 0 Å². The predicted molar refractivity (Wildman–Crippen MR) is 83.6 cm³/mol. The molecule has 2 heterocycles. The molecule has 2 fully saturated rings. The molecule has 0 amide bonds. The summed E-state index contributed by atoms with van der Waals surface area (Å²) in [6, 6.07) is 0. The Morgan fingerprint density at radius 3 is 2.74 bits per heavy atom. The monoisotopic (exact) mass is 322 g/mol. The van der Waals surface area contributed by atoms with Gasteiger partial charge in [-0.05, 0) is 46.1 Å². The summed E-state index contributed by atoms with van der Waals surface area (Å²) in [6.45, 7) is 9.47. The van der Waals surface area contributed by atoms with E-state index >= 15 is 0 Å². The van der Waals surface area contributed by atoms with Crippen molar-refractivity contribution >= 4 is 11.9 Å². The first-order valence-electron chi connectivity index (χ1n) is 8.41. The van der Waals surface area contributed by atoms with Gasteiger partial charge in [-0.1, -0.05) is 12.5 Å². The molecular formula is C18H26O5. The van der Waals surface area contributed by atoms with E-state index < -0.39 is 5.60 Å². The van der Waals surface area contributed by atoms with Gasteiger partial charge in [-0.2, -0.15) is 0 Å². The number of carbonyl (C=O) groups is 2. The van der Waals surface area contributed by atoms with Crippen LogP contribution in [0, 0.1) is 11.8 Å². The van der Waals surface area contributed by atoms with Crippen molar-refractivity contribution in [3.63, 3.8) is 0 Å². The molecule has 5 nitrogen and oxygen atoms in total. The Kier molecular flexibility index (Phi) is 3.82.